The summed E-state index contributed by atoms with van der Waals surface area (Å²) in [6, 6.07) is 53.1. The number of unbranched alkanes of at least 4 members (excludes halogenated alkanes) is 60. The van der Waals surface area contributed by atoms with Crippen molar-refractivity contribution in [2.45, 2.75) is 505 Å². The standard InChI is InChI=1S/C130H184N6/c1-7-13-19-25-31-37-43-49-55-61-77-97-131-115-91-75-71-87-109(115)121-125(131)119-107-85-69-73-89-113(107)133(99-79-63-57-51-45-39-33-27-21-15-9-3)127(119)123-111-95-93-105(103-117(111)135(129(121)123)101-81-65-59-53-47-41-35-29-23-17-11-5)83-67-68-84-106-94-96-112-118(104-106)136(102-82-66-60-54-48-42-36-30-24-18-12-6)130-122-110-88-72-76-92-116(110)132(98-78-62-56-50-44-38-32-26-20-14-8-2)126(122)120-108-86-70-74-90-114(108)134(128(120)124(112)130)100-80-64-58-52-46-40-34-28-22-16-10-4/h69-76,85-96,103-104H,7-66,77-82,97-102H2,1-6H3. The van der Waals surface area contributed by atoms with E-state index in [1.165, 1.54) is 542 Å². The number of aromatic nitrogens is 6. The van der Waals surface area contributed by atoms with Gasteiger partial charge in [-0.05, 0) is 98.9 Å². The van der Waals surface area contributed by atoms with Gasteiger partial charge in [-0.2, -0.15) is 0 Å². The monoisotopic (exact) mass is 1830 g/mol. The van der Waals surface area contributed by atoms with Crippen LogP contribution in [0.25, 0.3) is 131 Å². The lowest BCUT2D eigenvalue weighted by molar-refractivity contribution is 0.536. The van der Waals surface area contributed by atoms with Crippen LogP contribution in [-0.2, 0) is 39.3 Å². The average molecular weight is 1830 g/mol. The number of hydrogen-bond donors (Lipinski definition) is 0. The second kappa shape index (κ2) is 58.0. The molecule has 0 N–H and O–H groups in total. The van der Waals surface area contributed by atoms with Gasteiger partial charge in [0.2, 0.25) is 0 Å². The van der Waals surface area contributed by atoms with E-state index in [9.17, 15) is 0 Å². The van der Waals surface area contributed by atoms with Crippen molar-refractivity contribution in [3.8, 4) is 23.7 Å². The Balaban J connectivity index is 0.867. The van der Waals surface area contributed by atoms with E-state index in [0.717, 1.165) is 63.2 Å². The zero-order chi connectivity index (χ0) is 93.8. The Labute approximate surface area is 825 Å². The van der Waals surface area contributed by atoms with Crippen molar-refractivity contribution < 1.29 is 0 Å². The molecule has 0 aliphatic carbocycles. The molecule has 6 heterocycles. The Bertz CT molecular complexity index is 5660. The van der Waals surface area contributed by atoms with Crippen LogP contribution in [0.3, 0.4) is 0 Å². The van der Waals surface area contributed by atoms with Gasteiger partial charge in [-0.3, -0.25) is 0 Å². The Morgan fingerprint density at radius 3 is 0.478 bits per heavy atom. The SMILES string of the molecule is CCCCCCCCCCCCCn1c2ccccc2c2c1c1c3ccc(C#CC#Cc4ccc5c6c7c(c8ccccc8n7CCCCCCCCCCCCC)c7c(c8ccccc8n7CCCCCCCCCCCCC)c6n(CCCCCCCCCCCCC)c5c4)cc3n(CCCCCCCCCCCCC)c1c1c3ccccc3n(CCCCCCCCCCCCC)c21. The van der Waals surface area contributed by atoms with E-state index in [1.807, 2.05) is 0 Å². The Morgan fingerprint density at radius 1 is 0.154 bits per heavy atom. The number of rotatable bonds is 72. The van der Waals surface area contributed by atoms with Crippen LogP contribution >= 0.6 is 0 Å². The quantitative estimate of drug-likeness (QED) is 0.0269. The molecule has 0 fully saturated rings. The van der Waals surface area contributed by atoms with Crippen LogP contribution in [0.15, 0.2) is 133 Å². The first-order valence-electron chi connectivity index (χ1n) is 58.4. The van der Waals surface area contributed by atoms with Gasteiger partial charge in [0.15, 0.2) is 0 Å². The summed E-state index contributed by atoms with van der Waals surface area (Å²) in [7, 11) is 0. The van der Waals surface area contributed by atoms with Crippen LogP contribution in [0.4, 0.5) is 0 Å². The molecule has 0 bridgehead atoms. The van der Waals surface area contributed by atoms with E-state index in [2.05, 4.69) is 226 Å². The summed E-state index contributed by atoms with van der Waals surface area (Å²) >= 11 is 0. The number of hydrogen-bond acceptors (Lipinski definition) is 0. The van der Waals surface area contributed by atoms with Crippen LogP contribution in [-0.4, -0.2) is 27.4 Å². The molecule has 14 rings (SSSR count). The summed E-state index contributed by atoms with van der Waals surface area (Å²) in [6.07, 6.45) is 88.5. The van der Waals surface area contributed by atoms with Crippen molar-refractivity contribution in [3.63, 3.8) is 0 Å². The van der Waals surface area contributed by atoms with Gasteiger partial charge >= 0.3 is 0 Å². The number of para-hydroxylation sites is 4. The zero-order valence-corrected chi connectivity index (χ0v) is 87.3. The lowest BCUT2D eigenvalue weighted by Crippen LogP contribution is -2.02. The maximum Gasteiger partial charge on any atom is 0.0614 e. The number of aryl methyl sites for hydroxylation is 6. The van der Waals surface area contributed by atoms with Crippen molar-refractivity contribution in [1.29, 1.82) is 0 Å². The summed E-state index contributed by atoms with van der Waals surface area (Å²) in [4.78, 5) is 0. The van der Waals surface area contributed by atoms with Gasteiger partial charge in [-0.25, -0.2) is 0 Å². The largest absolute Gasteiger partial charge is 0.340 e. The molecular formula is C130H184N6. The number of nitrogens with zero attached hydrogens (tertiary/aromatic N) is 6. The Hall–Kier alpha value is -8.32. The molecule has 0 radical (unpaired) electrons. The van der Waals surface area contributed by atoms with Crippen molar-refractivity contribution in [1.82, 2.24) is 27.4 Å². The van der Waals surface area contributed by atoms with Crippen molar-refractivity contribution in [3.05, 3.63) is 145 Å². The van der Waals surface area contributed by atoms with Gasteiger partial charge in [0, 0.05) is 137 Å². The molecule has 6 nitrogen and oxygen atoms in total. The van der Waals surface area contributed by atoms with Crippen molar-refractivity contribution in [2.75, 3.05) is 0 Å². The average Bonchev–Trinajstić information content (AvgIpc) is 1.52. The van der Waals surface area contributed by atoms with E-state index in [-0.39, 0.29) is 0 Å². The smallest absolute Gasteiger partial charge is 0.0614 e. The highest BCUT2D eigenvalue weighted by Crippen LogP contribution is 2.52. The molecule has 0 unspecified atom stereocenters. The molecule has 6 heteroatoms. The Kier molecular flexibility index (Phi) is 44.2. The summed E-state index contributed by atoms with van der Waals surface area (Å²) in [5, 5.41) is 17.0. The predicted molar refractivity (Wildman–Crippen MR) is 603 cm³/mol. The van der Waals surface area contributed by atoms with E-state index in [4.69, 9.17) is 0 Å². The third kappa shape index (κ3) is 27.5. The first kappa shape index (κ1) is 104. The fourth-order valence-electron chi connectivity index (χ4n) is 24.3. The van der Waals surface area contributed by atoms with Crippen LogP contribution in [0.1, 0.15) is 476 Å². The molecule has 8 aromatic carbocycles. The summed E-state index contributed by atoms with van der Waals surface area (Å²) in [5.41, 5.74) is 18.9. The van der Waals surface area contributed by atoms with Gasteiger partial charge in [-0.1, -0.05) is 524 Å². The first-order chi connectivity index (χ1) is 67.5. The molecule has 0 atom stereocenters. The molecule has 0 aliphatic rings. The van der Waals surface area contributed by atoms with Crippen LogP contribution in [0.5, 0.6) is 0 Å². The lowest BCUT2D eigenvalue weighted by atomic mass is 10.0. The molecule has 14 aromatic rings. The van der Waals surface area contributed by atoms with Gasteiger partial charge in [-0.15, -0.1) is 0 Å². The summed E-state index contributed by atoms with van der Waals surface area (Å²) in [5.74, 6) is 14.7. The maximum absolute atomic E-state index is 3.78. The summed E-state index contributed by atoms with van der Waals surface area (Å²) in [6.45, 7) is 20.1. The van der Waals surface area contributed by atoms with E-state index < -0.39 is 0 Å². The molecule has 0 saturated heterocycles. The molecule has 0 amide bonds. The van der Waals surface area contributed by atoms with Crippen LogP contribution in [0.2, 0.25) is 0 Å². The second-order valence-corrected chi connectivity index (χ2v) is 42.5. The minimum Gasteiger partial charge on any atom is -0.340 e. The highest BCUT2D eigenvalue weighted by molar-refractivity contribution is 6.41. The predicted octanol–water partition coefficient (Wildman–Crippen LogP) is 41.6. The highest BCUT2D eigenvalue weighted by Gasteiger charge is 2.31. The topological polar surface area (TPSA) is 29.6 Å². The normalized spacial score (nSPS) is 12.1. The molecular weight excluding hydrogens is 1650 g/mol. The van der Waals surface area contributed by atoms with Gasteiger partial charge in [0.05, 0.1) is 44.1 Å². The fourth-order valence-corrected chi connectivity index (χ4v) is 24.3. The third-order valence-electron chi connectivity index (χ3n) is 31.8. The minimum atomic E-state index is 0.976. The number of benzene rings is 8. The minimum absolute atomic E-state index is 0.976. The molecule has 734 valence electrons. The fraction of sp³-hybridized carbons (Fsp3) is 0.600. The van der Waals surface area contributed by atoms with E-state index in [1.54, 1.807) is 0 Å². The second-order valence-electron chi connectivity index (χ2n) is 42.5. The van der Waals surface area contributed by atoms with E-state index in [0.29, 0.717) is 0 Å². The van der Waals surface area contributed by atoms with Gasteiger partial charge in [0.1, 0.15) is 0 Å². The van der Waals surface area contributed by atoms with Crippen LogP contribution < -0.4 is 0 Å². The first-order valence-corrected chi connectivity index (χ1v) is 58.4. The highest BCUT2D eigenvalue weighted by atomic mass is 15.1. The molecule has 136 heavy (non-hydrogen) atoms. The van der Waals surface area contributed by atoms with Crippen LogP contribution in [0, 0.1) is 23.7 Å². The van der Waals surface area contributed by atoms with E-state index >= 15 is 0 Å². The lowest BCUT2D eigenvalue weighted by Gasteiger charge is -2.13. The van der Waals surface area contributed by atoms with Crippen molar-refractivity contribution >= 4 is 131 Å². The molecule has 0 aliphatic heterocycles. The van der Waals surface area contributed by atoms with Gasteiger partial charge < -0.3 is 27.4 Å². The number of fused-ring (bicyclic) bond motifs is 24. The van der Waals surface area contributed by atoms with Crippen molar-refractivity contribution in [2.24, 2.45) is 0 Å². The molecule has 0 saturated carbocycles. The molecule has 6 aromatic heterocycles. The summed E-state index contributed by atoms with van der Waals surface area (Å²) < 4.78 is 17.0. The molecule has 0 spiro atoms. The Morgan fingerprint density at radius 2 is 0.301 bits per heavy atom. The van der Waals surface area contributed by atoms with Gasteiger partial charge in [0.25, 0.3) is 0 Å². The maximum atomic E-state index is 3.78. The third-order valence-corrected chi connectivity index (χ3v) is 31.8. The zero-order valence-electron chi connectivity index (χ0n) is 87.3.